The first-order valence-corrected chi connectivity index (χ1v) is 8.41. The molecule has 0 radical (unpaired) electrons. The molecule has 8 heteroatoms. The lowest BCUT2D eigenvalue weighted by molar-refractivity contribution is -0.0796. The van der Waals surface area contributed by atoms with Gasteiger partial charge >= 0.3 is 15.2 Å². The average molecular weight is 298 g/mol. The first-order valence-electron chi connectivity index (χ1n) is 5.12. The minimum Gasteiger partial charge on any atom is -0.321 e. The van der Waals surface area contributed by atoms with Crippen LogP contribution in [-0.4, -0.2) is 21.0 Å². The van der Waals surface area contributed by atoms with Crippen molar-refractivity contribution < 1.29 is 28.0 Å². The third-order valence-electron chi connectivity index (χ3n) is 2.63. The highest BCUT2D eigenvalue weighted by Crippen LogP contribution is 2.54. The van der Waals surface area contributed by atoms with Gasteiger partial charge in [0.1, 0.15) is 11.2 Å². The molecular weight excluding hydrogens is 278 g/mol. The Morgan fingerprint density at radius 1 is 0.889 bits per heavy atom. The van der Waals surface area contributed by atoms with E-state index in [9.17, 15) is 18.9 Å². The summed E-state index contributed by atoms with van der Waals surface area (Å²) in [5.41, 5.74) is -2.60. The molecule has 0 aliphatic heterocycles. The third-order valence-corrected chi connectivity index (χ3v) is 4.99. The lowest BCUT2D eigenvalue weighted by atomic mass is 9.90. The van der Waals surface area contributed by atoms with E-state index in [1.807, 2.05) is 0 Å². The van der Waals surface area contributed by atoms with Crippen LogP contribution in [-0.2, 0) is 18.2 Å². The molecule has 0 amide bonds. The Hall–Kier alpha value is -0.220. The second kappa shape index (κ2) is 5.41. The predicted molar refractivity (Wildman–Crippen MR) is 70.4 cm³/mol. The molecule has 2 N–H and O–H groups in total. The molecule has 0 fully saturated rings. The number of hydrogen-bond acceptors (Lipinski definition) is 4. The normalized spacial score (nSPS) is 19.7. The summed E-state index contributed by atoms with van der Waals surface area (Å²) < 4.78 is 33.0. The first-order chi connectivity index (χ1) is 7.79. The highest BCUT2D eigenvalue weighted by molar-refractivity contribution is 7.56. The van der Waals surface area contributed by atoms with E-state index >= 15 is 0 Å². The van der Waals surface area contributed by atoms with Crippen molar-refractivity contribution in [1.82, 2.24) is 0 Å². The average Bonchev–Trinajstić information content (AvgIpc) is 2.14. The van der Waals surface area contributed by atoms with E-state index in [0.717, 1.165) is 11.6 Å². The van der Waals surface area contributed by atoms with Gasteiger partial charge in [-0.2, -0.15) is 0 Å². The van der Waals surface area contributed by atoms with Crippen LogP contribution in [0.4, 0.5) is 0 Å². The first kappa shape index (κ1) is 17.8. The Morgan fingerprint density at radius 3 is 1.28 bits per heavy atom. The van der Waals surface area contributed by atoms with Crippen LogP contribution in [0.2, 0.25) is 0 Å². The Bertz CT molecular complexity index is 386. The summed E-state index contributed by atoms with van der Waals surface area (Å²) in [6.07, 6.45) is 0. The van der Waals surface area contributed by atoms with Gasteiger partial charge in [-0.15, -0.1) is 0 Å². The van der Waals surface area contributed by atoms with Crippen LogP contribution in [0.25, 0.3) is 0 Å². The van der Waals surface area contributed by atoms with Crippen molar-refractivity contribution in [2.24, 2.45) is 0 Å². The van der Waals surface area contributed by atoms with Gasteiger partial charge in [-0.25, -0.2) is 0 Å². The molecule has 0 aromatic carbocycles. The van der Waals surface area contributed by atoms with Gasteiger partial charge in [-0.3, -0.25) is 18.2 Å². The van der Waals surface area contributed by atoms with Gasteiger partial charge in [0.2, 0.25) is 0 Å². The second-order valence-electron chi connectivity index (χ2n) is 4.70. The summed E-state index contributed by atoms with van der Waals surface area (Å²) >= 11 is 0. The zero-order chi connectivity index (χ0) is 14.8. The minimum atomic E-state index is -3.98. The van der Waals surface area contributed by atoms with Crippen molar-refractivity contribution in [3.63, 3.8) is 0 Å². The summed E-state index contributed by atoms with van der Waals surface area (Å²) in [5.74, 6) is 1.58. The highest BCUT2D eigenvalue weighted by Gasteiger charge is 2.46. The van der Waals surface area contributed by atoms with Crippen molar-refractivity contribution in [2.75, 3.05) is 0 Å². The van der Waals surface area contributed by atoms with Crippen molar-refractivity contribution in [1.29, 1.82) is 0 Å². The van der Waals surface area contributed by atoms with Gasteiger partial charge in [0.05, 0.1) is 0 Å². The van der Waals surface area contributed by atoms with Crippen LogP contribution in [0.15, 0.2) is 24.8 Å². The lowest BCUT2D eigenvalue weighted by Crippen LogP contribution is -2.48. The molecule has 2 atom stereocenters. The van der Waals surface area contributed by atoms with Gasteiger partial charge in [-0.1, -0.05) is 13.2 Å². The van der Waals surface area contributed by atoms with Gasteiger partial charge in [0, 0.05) is 11.6 Å². The molecule has 2 unspecified atom stereocenters. The fraction of sp³-hybridized carbons (Fsp3) is 0.600. The fourth-order valence-corrected chi connectivity index (χ4v) is 2.85. The van der Waals surface area contributed by atoms with Gasteiger partial charge in [0.15, 0.2) is 0 Å². The van der Waals surface area contributed by atoms with Crippen molar-refractivity contribution >= 4 is 15.2 Å². The van der Waals surface area contributed by atoms with Gasteiger partial charge in [0.25, 0.3) is 0 Å². The fourth-order valence-electron chi connectivity index (χ4n) is 0.948. The second-order valence-corrected chi connectivity index (χ2v) is 8.05. The molecule has 0 spiro atoms. The third kappa shape index (κ3) is 4.81. The SMILES string of the molecule is C=CP(=O)(O)OC(C)(C)C(C)(C)OP(=O)(O)C=C. The van der Waals surface area contributed by atoms with Gasteiger partial charge in [-0.05, 0) is 27.7 Å². The quantitative estimate of drug-likeness (QED) is 0.701. The maximum absolute atomic E-state index is 11.5. The topological polar surface area (TPSA) is 93.1 Å². The molecule has 6 nitrogen and oxygen atoms in total. The zero-order valence-electron chi connectivity index (χ0n) is 11.0. The lowest BCUT2D eigenvalue weighted by Gasteiger charge is -2.41. The summed E-state index contributed by atoms with van der Waals surface area (Å²) in [7, 11) is -7.96. The standard InChI is InChI=1S/C10H20O6P2/c1-7-17(11,12)15-9(3,4)10(5,6)16-18(13,14)8-2/h7-8H,1-2H2,3-6H3,(H,11,12)(H,13,14). The molecule has 0 aromatic heterocycles. The predicted octanol–water partition coefficient (Wildman–Crippen LogP) is 3.23. The Kier molecular flexibility index (Phi) is 5.35. The maximum atomic E-state index is 11.5. The van der Waals surface area contributed by atoms with E-state index in [0.29, 0.717) is 0 Å². The summed E-state index contributed by atoms with van der Waals surface area (Å²) in [4.78, 5) is 18.8. The molecule has 0 rings (SSSR count). The van der Waals surface area contributed by atoms with Crippen LogP contribution in [0, 0.1) is 0 Å². The van der Waals surface area contributed by atoms with E-state index < -0.39 is 26.4 Å². The van der Waals surface area contributed by atoms with Crippen molar-refractivity contribution in [3.8, 4) is 0 Å². The molecule has 0 aliphatic carbocycles. The van der Waals surface area contributed by atoms with Crippen molar-refractivity contribution in [2.45, 2.75) is 38.9 Å². The number of hydrogen-bond donors (Lipinski definition) is 2. The largest absolute Gasteiger partial charge is 0.351 e. The molecule has 0 bridgehead atoms. The minimum absolute atomic E-state index is 0.789. The van der Waals surface area contributed by atoms with Crippen LogP contribution < -0.4 is 0 Å². The van der Waals surface area contributed by atoms with E-state index in [4.69, 9.17) is 9.05 Å². The summed E-state index contributed by atoms with van der Waals surface area (Å²) in [5, 5.41) is 0. The van der Waals surface area contributed by atoms with E-state index in [-0.39, 0.29) is 0 Å². The van der Waals surface area contributed by atoms with E-state index in [1.54, 1.807) is 0 Å². The van der Waals surface area contributed by atoms with Crippen molar-refractivity contribution in [3.05, 3.63) is 24.8 Å². The molecule has 0 aromatic rings. The van der Waals surface area contributed by atoms with Crippen LogP contribution in [0.1, 0.15) is 27.7 Å². The molecule has 0 heterocycles. The van der Waals surface area contributed by atoms with Gasteiger partial charge < -0.3 is 9.79 Å². The molecule has 106 valence electrons. The smallest absolute Gasteiger partial charge is 0.321 e. The zero-order valence-corrected chi connectivity index (χ0v) is 12.8. The molecule has 0 aliphatic rings. The summed E-state index contributed by atoms with van der Waals surface area (Å²) in [6, 6.07) is 0. The molecular formula is C10H20O6P2. The molecule has 0 saturated heterocycles. The monoisotopic (exact) mass is 298 g/mol. The van der Waals surface area contributed by atoms with Crippen LogP contribution in [0.3, 0.4) is 0 Å². The Morgan fingerprint density at radius 2 is 1.11 bits per heavy atom. The van der Waals surface area contributed by atoms with Crippen LogP contribution in [0.5, 0.6) is 0 Å². The Balaban J connectivity index is 5.20. The molecule has 0 saturated carbocycles. The Labute approximate surface area is 107 Å². The molecule has 18 heavy (non-hydrogen) atoms. The number of rotatable bonds is 7. The van der Waals surface area contributed by atoms with E-state index in [2.05, 4.69) is 13.2 Å². The summed E-state index contributed by atoms with van der Waals surface area (Å²) in [6.45, 7) is 12.3. The maximum Gasteiger partial charge on any atom is 0.351 e. The van der Waals surface area contributed by atoms with E-state index in [1.165, 1.54) is 27.7 Å². The van der Waals surface area contributed by atoms with Crippen LogP contribution >= 0.6 is 15.2 Å². The highest BCUT2D eigenvalue weighted by atomic mass is 31.2.